The van der Waals surface area contributed by atoms with Crippen LogP contribution in [-0.2, 0) is 0 Å². The fourth-order valence-corrected chi connectivity index (χ4v) is 2.59. The van der Waals surface area contributed by atoms with Crippen molar-refractivity contribution in [2.45, 2.75) is 26.2 Å². The van der Waals surface area contributed by atoms with Crippen molar-refractivity contribution in [3.05, 3.63) is 23.8 Å². The molecular formula is C15H21NO3. The fraction of sp³-hybridized carbons (Fsp3) is 0.533. The minimum Gasteiger partial charge on any atom is -0.504 e. The van der Waals surface area contributed by atoms with E-state index in [2.05, 4.69) is 6.92 Å². The zero-order chi connectivity index (χ0) is 13.8. The number of carbonyl (C=O) groups excluding carboxylic acids is 1. The summed E-state index contributed by atoms with van der Waals surface area (Å²) >= 11 is 0. The number of amides is 1. The van der Waals surface area contributed by atoms with Gasteiger partial charge in [0.2, 0.25) is 0 Å². The topological polar surface area (TPSA) is 49.8 Å². The van der Waals surface area contributed by atoms with Crippen LogP contribution in [0.25, 0.3) is 0 Å². The van der Waals surface area contributed by atoms with Crippen LogP contribution in [-0.4, -0.2) is 36.1 Å². The molecule has 19 heavy (non-hydrogen) atoms. The normalized spacial score (nSPS) is 19.3. The highest BCUT2D eigenvalue weighted by Crippen LogP contribution is 2.28. The summed E-state index contributed by atoms with van der Waals surface area (Å²) in [6.45, 7) is 3.79. The summed E-state index contributed by atoms with van der Waals surface area (Å²) in [5.74, 6) is 1.000. The van der Waals surface area contributed by atoms with Gasteiger partial charge in [0, 0.05) is 18.7 Å². The van der Waals surface area contributed by atoms with Gasteiger partial charge in [-0.15, -0.1) is 0 Å². The molecule has 1 saturated heterocycles. The number of aromatic hydroxyl groups is 1. The highest BCUT2D eigenvalue weighted by Gasteiger charge is 2.23. The summed E-state index contributed by atoms with van der Waals surface area (Å²) < 4.78 is 4.98. The third-order valence-corrected chi connectivity index (χ3v) is 3.81. The van der Waals surface area contributed by atoms with Gasteiger partial charge >= 0.3 is 0 Å². The number of likely N-dealkylation sites (tertiary alicyclic amines) is 1. The van der Waals surface area contributed by atoms with Crippen LogP contribution < -0.4 is 4.74 Å². The lowest BCUT2D eigenvalue weighted by atomic mass is 9.95. The molecular weight excluding hydrogens is 242 g/mol. The summed E-state index contributed by atoms with van der Waals surface area (Å²) in [6, 6.07) is 4.82. The third kappa shape index (κ3) is 3.00. The largest absolute Gasteiger partial charge is 0.504 e. The fourth-order valence-electron chi connectivity index (χ4n) is 2.59. The molecule has 4 heteroatoms. The summed E-state index contributed by atoms with van der Waals surface area (Å²) in [4.78, 5) is 14.3. The van der Waals surface area contributed by atoms with Crippen molar-refractivity contribution in [2.75, 3.05) is 20.2 Å². The Morgan fingerprint density at radius 2 is 2.32 bits per heavy atom. The van der Waals surface area contributed by atoms with Gasteiger partial charge < -0.3 is 14.7 Å². The molecule has 4 nitrogen and oxygen atoms in total. The number of methoxy groups -OCH3 is 1. The highest BCUT2D eigenvalue weighted by atomic mass is 16.5. The Bertz CT molecular complexity index is 459. The van der Waals surface area contributed by atoms with Gasteiger partial charge in [0.25, 0.3) is 5.91 Å². The van der Waals surface area contributed by atoms with E-state index < -0.39 is 0 Å². The summed E-state index contributed by atoms with van der Waals surface area (Å²) in [5, 5.41) is 9.74. The van der Waals surface area contributed by atoms with Crippen LogP contribution in [0.4, 0.5) is 0 Å². The molecule has 1 heterocycles. The molecule has 1 N–H and O–H groups in total. The smallest absolute Gasteiger partial charge is 0.254 e. The molecule has 1 atom stereocenters. The second kappa shape index (κ2) is 5.95. The van der Waals surface area contributed by atoms with E-state index in [0.29, 0.717) is 17.2 Å². The van der Waals surface area contributed by atoms with Gasteiger partial charge in [0.05, 0.1) is 7.11 Å². The van der Waals surface area contributed by atoms with Gasteiger partial charge in [-0.25, -0.2) is 0 Å². The number of hydrogen-bond donors (Lipinski definition) is 1. The lowest BCUT2D eigenvalue weighted by Crippen LogP contribution is -2.39. The first-order valence-electron chi connectivity index (χ1n) is 6.82. The number of rotatable bonds is 3. The molecule has 1 aromatic rings. The minimum atomic E-state index is -0.00361. The van der Waals surface area contributed by atoms with Crippen LogP contribution in [0, 0.1) is 5.92 Å². The Hall–Kier alpha value is -1.71. The number of phenols is 1. The van der Waals surface area contributed by atoms with Crippen LogP contribution >= 0.6 is 0 Å². The lowest BCUT2D eigenvalue weighted by Gasteiger charge is -2.32. The molecule has 0 spiro atoms. The summed E-state index contributed by atoms with van der Waals surface area (Å²) in [6.07, 6.45) is 3.37. The minimum absolute atomic E-state index is 0.00361. The first kappa shape index (κ1) is 13.7. The van der Waals surface area contributed by atoms with Crippen molar-refractivity contribution in [1.82, 2.24) is 4.90 Å². The molecule has 0 aliphatic carbocycles. The predicted molar refractivity (Wildman–Crippen MR) is 73.6 cm³/mol. The van der Waals surface area contributed by atoms with Crippen molar-refractivity contribution >= 4 is 5.91 Å². The van der Waals surface area contributed by atoms with Crippen LogP contribution in [0.5, 0.6) is 11.5 Å². The van der Waals surface area contributed by atoms with Gasteiger partial charge in [-0.2, -0.15) is 0 Å². The van der Waals surface area contributed by atoms with E-state index in [1.807, 2.05) is 4.90 Å². The number of nitrogens with zero attached hydrogens (tertiary/aromatic N) is 1. The van der Waals surface area contributed by atoms with Crippen LogP contribution in [0.15, 0.2) is 18.2 Å². The van der Waals surface area contributed by atoms with E-state index in [1.165, 1.54) is 19.6 Å². The van der Waals surface area contributed by atoms with E-state index in [4.69, 9.17) is 4.74 Å². The third-order valence-electron chi connectivity index (χ3n) is 3.81. The molecule has 0 bridgehead atoms. The molecule has 1 aliphatic heterocycles. The zero-order valence-corrected chi connectivity index (χ0v) is 11.6. The number of piperidine rings is 1. The second-order valence-corrected chi connectivity index (χ2v) is 5.05. The Morgan fingerprint density at radius 1 is 1.53 bits per heavy atom. The molecule has 1 aliphatic rings. The van der Waals surface area contributed by atoms with E-state index in [1.54, 1.807) is 12.1 Å². The molecule has 1 fully saturated rings. The maximum atomic E-state index is 12.4. The number of phenolic OH excluding ortho intramolecular Hbond substituents is 1. The standard InChI is InChI=1S/C15H21NO3/c1-3-11-5-4-8-16(10-11)15(18)12-6-7-14(19-2)13(17)9-12/h6-7,9,11,17H,3-5,8,10H2,1-2H3. The molecule has 0 saturated carbocycles. The molecule has 1 amide bonds. The Morgan fingerprint density at radius 3 is 2.95 bits per heavy atom. The first-order chi connectivity index (χ1) is 9.15. The van der Waals surface area contributed by atoms with Crippen molar-refractivity contribution in [2.24, 2.45) is 5.92 Å². The van der Waals surface area contributed by atoms with Gasteiger partial charge in [-0.05, 0) is 37.0 Å². The SMILES string of the molecule is CCC1CCCN(C(=O)c2ccc(OC)c(O)c2)C1. The summed E-state index contributed by atoms with van der Waals surface area (Å²) in [5.41, 5.74) is 0.523. The van der Waals surface area contributed by atoms with Crippen LogP contribution in [0.3, 0.4) is 0 Å². The average molecular weight is 263 g/mol. The van der Waals surface area contributed by atoms with Crippen LogP contribution in [0.2, 0.25) is 0 Å². The van der Waals surface area contributed by atoms with E-state index in [0.717, 1.165) is 25.9 Å². The number of carbonyl (C=O) groups is 1. The van der Waals surface area contributed by atoms with E-state index in [-0.39, 0.29) is 11.7 Å². The van der Waals surface area contributed by atoms with Crippen molar-refractivity contribution in [1.29, 1.82) is 0 Å². The predicted octanol–water partition coefficient (Wildman–Crippen LogP) is 2.66. The monoisotopic (exact) mass is 263 g/mol. The lowest BCUT2D eigenvalue weighted by molar-refractivity contribution is 0.0671. The first-order valence-corrected chi connectivity index (χ1v) is 6.82. The molecule has 1 aromatic carbocycles. The Kier molecular flexibility index (Phi) is 4.30. The van der Waals surface area contributed by atoms with Gasteiger partial charge in [-0.3, -0.25) is 4.79 Å². The van der Waals surface area contributed by atoms with Crippen molar-refractivity contribution < 1.29 is 14.6 Å². The quantitative estimate of drug-likeness (QED) is 0.912. The number of hydrogen-bond acceptors (Lipinski definition) is 3. The Labute approximate surface area is 114 Å². The number of ether oxygens (including phenoxy) is 1. The van der Waals surface area contributed by atoms with E-state index in [9.17, 15) is 9.90 Å². The zero-order valence-electron chi connectivity index (χ0n) is 11.6. The average Bonchev–Trinajstić information content (AvgIpc) is 2.46. The van der Waals surface area contributed by atoms with Crippen molar-refractivity contribution in [3.63, 3.8) is 0 Å². The highest BCUT2D eigenvalue weighted by molar-refractivity contribution is 5.95. The van der Waals surface area contributed by atoms with Gasteiger partial charge in [0.1, 0.15) is 0 Å². The molecule has 2 rings (SSSR count). The molecule has 0 aromatic heterocycles. The van der Waals surface area contributed by atoms with Gasteiger partial charge in [0.15, 0.2) is 11.5 Å². The second-order valence-electron chi connectivity index (χ2n) is 5.05. The van der Waals surface area contributed by atoms with Crippen LogP contribution in [0.1, 0.15) is 36.5 Å². The van der Waals surface area contributed by atoms with Gasteiger partial charge in [-0.1, -0.05) is 13.3 Å². The molecule has 104 valence electrons. The maximum Gasteiger partial charge on any atom is 0.254 e. The van der Waals surface area contributed by atoms with Crippen molar-refractivity contribution in [3.8, 4) is 11.5 Å². The molecule has 1 unspecified atom stereocenters. The maximum absolute atomic E-state index is 12.4. The number of benzene rings is 1. The Balaban J connectivity index is 2.12. The summed E-state index contributed by atoms with van der Waals surface area (Å²) in [7, 11) is 1.49. The molecule has 0 radical (unpaired) electrons. The van der Waals surface area contributed by atoms with E-state index >= 15 is 0 Å².